The van der Waals surface area contributed by atoms with Crippen LogP contribution in [0.5, 0.6) is 0 Å². The van der Waals surface area contributed by atoms with Crippen molar-refractivity contribution in [2.24, 2.45) is 5.92 Å². The lowest BCUT2D eigenvalue weighted by atomic mass is 9.84. The summed E-state index contributed by atoms with van der Waals surface area (Å²) in [5, 5.41) is 4.26. The molecule has 1 aliphatic carbocycles. The van der Waals surface area contributed by atoms with Gasteiger partial charge in [-0.15, -0.1) is 0 Å². The average Bonchev–Trinajstić information content (AvgIpc) is 3.50. The Morgan fingerprint density at radius 1 is 1.16 bits per heavy atom. The number of aromatic nitrogens is 5. The summed E-state index contributed by atoms with van der Waals surface area (Å²) in [6.07, 6.45) is 0.0620. The first-order chi connectivity index (χ1) is 15.2. The molecule has 0 bridgehead atoms. The lowest BCUT2D eigenvalue weighted by Gasteiger charge is -2.37. The smallest absolute Gasteiger partial charge is 0.338 e. The number of likely N-dealkylation sites (tertiary alicyclic amines) is 1. The van der Waals surface area contributed by atoms with Crippen LogP contribution in [0.4, 0.5) is 13.2 Å². The van der Waals surface area contributed by atoms with E-state index in [0.717, 1.165) is 30.4 Å². The fourth-order valence-electron chi connectivity index (χ4n) is 4.51. The summed E-state index contributed by atoms with van der Waals surface area (Å²) in [6, 6.07) is 3.26. The van der Waals surface area contributed by atoms with E-state index in [4.69, 9.17) is 0 Å². The number of amides is 1. The molecule has 2 aliphatic rings. The lowest BCUT2D eigenvalue weighted by molar-refractivity contribution is -0.138. The molecule has 0 radical (unpaired) electrons. The highest BCUT2D eigenvalue weighted by atomic mass is 19.4. The number of nitrogens with zero attached hydrogens (tertiary/aromatic N) is 6. The summed E-state index contributed by atoms with van der Waals surface area (Å²) >= 11 is 0. The quantitative estimate of drug-likeness (QED) is 0.611. The van der Waals surface area contributed by atoms with E-state index in [0.29, 0.717) is 31.0 Å². The molecule has 2 atom stereocenters. The molecule has 3 aromatic rings. The summed E-state index contributed by atoms with van der Waals surface area (Å²) in [5.74, 6) is 0.142. The van der Waals surface area contributed by atoms with Gasteiger partial charge in [0.25, 0.3) is 11.7 Å². The third kappa shape index (κ3) is 3.71. The van der Waals surface area contributed by atoms with E-state index in [1.807, 2.05) is 13.0 Å². The first-order valence-corrected chi connectivity index (χ1v) is 10.8. The molecule has 1 saturated heterocycles. The number of aryl methyl sites for hydroxylation is 1. The van der Waals surface area contributed by atoms with Gasteiger partial charge in [-0.1, -0.05) is 6.92 Å². The van der Waals surface area contributed by atoms with Crippen LogP contribution in [0, 0.1) is 12.8 Å². The lowest BCUT2D eigenvalue weighted by Crippen LogP contribution is -2.43. The number of rotatable bonds is 3. The van der Waals surface area contributed by atoms with E-state index in [2.05, 4.69) is 27.0 Å². The Hall–Kier alpha value is -3.04. The van der Waals surface area contributed by atoms with Crippen molar-refractivity contribution < 1.29 is 18.0 Å². The van der Waals surface area contributed by atoms with Gasteiger partial charge in [0.15, 0.2) is 0 Å². The second kappa shape index (κ2) is 7.53. The molecule has 2 fully saturated rings. The largest absolute Gasteiger partial charge is 0.418 e. The van der Waals surface area contributed by atoms with E-state index in [1.54, 1.807) is 4.52 Å². The van der Waals surface area contributed by atoms with Crippen molar-refractivity contribution >= 4 is 11.7 Å². The van der Waals surface area contributed by atoms with Gasteiger partial charge in [0, 0.05) is 42.5 Å². The number of hydrogen-bond donors (Lipinski definition) is 0. The van der Waals surface area contributed by atoms with Crippen LogP contribution in [0.25, 0.3) is 5.78 Å². The highest BCUT2D eigenvalue weighted by molar-refractivity contribution is 5.96. The van der Waals surface area contributed by atoms with Crippen LogP contribution in [0.2, 0.25) is 0 Å². The van der Waals surface area contributed by atoms with Gasteiger partial charge in [0.05, 0.1) is 16.8 Å². The molecule has 32 heavy (non-hydrogen) atoms. The van der Waals surface area contributed by atoms with Gasteiger partial charge in [-0.25, -0.2) is 9.50 Å². The van der Waals surface area contributed by atoms with Crippen LogP contribution in [0.1, 0.15) is 71.0 Å². The van der Waals surface area contributed by atoms with E-state index in [-0.39, 0.29) is 23.3 Å². The maximum atomic E-state index is 13.7. The Balaban J connectivity index is 1.50. The molecule has 1 saturated carbocycles. The maximum absolute atomic E-state index is 13.7. The Kier molecular flexibility index (Phi) is 4.90. The average molecular weight is 444 g/mol. The Morgan fingerprint density at radius 3 is 2.66 bits per heavy atom. The van der Waals surface area contributed by atoms with Gasteiger partial charge in [-0.2, -0.15) is 23.3 Å². The molecule has 0 spiro atoms. The van der Waals surface area contributed by atoms with Crippen molar-refractivity contribution in [3.63, 3.8) is 0 Å². The molecule has 3 aromatic heterocycles. The van der Waals surface area contributed by atoms with Crippen LogP contribution in [0.3, 0.4) is 0 Å². The van der Waals surface area contributed by atoms with E-state index >= 15 is 0 Å². The minimum atomic E-state index is -4.64. The first-order valence-electron chi connectivity index (χ1n) is 10.8. The molecular formula is C22H23F3N6O. The summed E-state index contributed by atoms with van der Waals surface area (Å²) in [4.78, 5) is 27.4. The zero-order chi connectivity index (χ0) is 22.6. The second-order valence-corrected chi connectivity index (χ2v) is 8.84. The SMILES string of the molecule is Cc1cc([C@@H]2CN(C(=O)c3cc(C4CC4)ncc3C(F)(F)F)CC[C@H]2C)n2ncnc2n1. The predicted molar refractivity (Wildman–Crippen MR) is 109 cm³/mol. The van der Waals surface area contributed by atoms with Gasteiger partial charge in [0.2, 0.25) is 0 Å². The molecule has 0 N–H and O–H groups in total. The number of hydrogen-bond acceptors (Lipinski definition) is 5. The topological polar surface area (TPSA) is 76.3 Å². The van der Waals surface area contributed by atoms with Crippen molar-refractivity contribution in [3.05, 3.63) is 52.9 Å². The summed E-state index contributed by atoms with van der Waals surface area (Å²) in [6.45, 7) is 4.65. The van der Waals surface area contributed by atoms with Crippen molar-refractivity contribution in [1.82, 2.24) is 29.5 Å². The number of pyridine rings is 1. The molecular weight excluding hydrogens is 421 g/mol. The highest BCUT2D eigenvalue weighted by Crippen LogP contribution is 2.41. The third-order valence-electron chi connectivity index (χ3n) is 6.49. The molecule has 1 aliphatic heterocycles. The summed E-state index contributed by atoms with van der Waals surface area (Å²) in [7, 11) is 0. The zero-order valence-electron chi connectivity index (χ0n) is 17.8. The van der Waals surface area contributed by atoms with Crippen molar-refractivity contribution in [2.45, 2.75) is 51.1 Å². The Bertz CT molecular complexity index is 1190. The first kappa shape index (κ1) is 20.8. The number of fused-ring (bicyclic) bond motifs is 1. The van der Waals surface area contributed by atoms with Crippen molar-refractivity contribution in [2.75, 3.05) is 13.1 Å². The van der Waals surface area contributed by atoms with Crippen LogP contribution in [0.15, 0.2) is 24.7 Å². The minimum Gasteiger partial charge on any atom is -0.338 e. The second-order valence-electron chi connectivity index (χ2n) is 8.84. The molecule has 4 heterocycles. The standard InChI is InChI=1S/C22H23F3N6O/c1-12-5-6-30(10-16(12)19-7-13(2)29-21-27-11-28-31(19)21)20(32)15-8-18(14-3-4-14)26-9-17(15)22(23,24)25/h7-9,11-12,14,16H,3-6,10H2,1-2H3/t12-,16-/m1/s1. The number of carbonyl (C=O) groups is 1. The fourth-order valence-corrected chi connectivity index (χ4v) is 4.51. The maximum Gasteiger partial charge on any atom is 0.418 e. The molecule has 0 unspecified atom stereocenters. The molecule has 10 heteroatoms. The van der Waals surface area contributed by atoms with E-state index in [1.165, 1.54) is 17.3 Å². The summed E-state index contributed by atoms with van der Waals surface area (Å²) < 4.78 is 42.7. The number of alkyl halides is 3. The highest BCUT2D eigenvalue weighted by Gasteiger charge is 2.40. The van der Waals surface area contributed by atoms with Gasteiger partial charge in [-0.3, -0.25) is 9.78 Å². The Morgan fingerprint density at radius 2 is 1.94 bits per heavy atom. The van der Waals surface area contributed by atoms with Crippen molar-refractivity contribution in [1.29, 1.82) is 0 Å². The van der Waals surface area contributed by atoms with Gasteiger partial charge in [-0.05, 0) is 44.2 Å². The van der Waals surface area contributed by atoms with Crippen LogP contribution >= 0.6 is 0 Å². The molecule has 168 valence electrons. The third-order valence-corrected chi connectivity index (χ3v) is 6.49. The molecule has 0 aromatic carbocycles. The predicted octanol–water partition coefficient (Wildman–Crippen LogP) is 3.99. The van der Waals surface area contributed by atoms with Crippen LogP contribution in [-0.4, -0.2) is 48.5 Å². The zero-order valence-corrected chi connectivity index (χ0v) is 17.8. The summed E-state index contributed by atoms with van der Waals surface area (Å²) in [5.41, 5.74) is 0.926. The van der Waals surface area contributed by atoms with Gasteiger partial charge < -0.3 is 4.90 Å². The van der Waals surface area contributed by atoms with Crippen molar-refractivity contribution in [3.8, 4) is 0 Å². The fraction of sp³-hybridized carbons (Fsp3) is 0.500. The normalized spacial score (nSPS) is 21.8. The Labute approximate surface area is 182 Å². The molecule has 1 amide bonds. The van der Waals surface area contributed by atoms with E-state index in [9.17, 15) is 18.0 Å². The number of piperidine rings is 1. The monoisotopic (exact) mass is 444 g/mol. The van der Waals surface area contributed by atoms with Gasteiger partial charge >= 0.3 is 6.18 Å². The van der Waals surface area contributed by atoms with Gasteiger partial charge in [0.1, 0.15) is 6.33 Å². The molecule has 5 rings (SSSR count). The molecule has 7 nitrogen and oxygen atoms in total. The van der Waals surface area contributed by atoms with Crippen LogP contribution < -0.4 is 0 Å². The van der Waals surface area contributed by atoms with Crippen LogP contribution in [-0.2, 0) is 6.18 Å². The van der Waals surface area contributed by atoms with E-state index < -0.39 is 17.6 Å². The number of halogens is 3. The minimum absolute atomic E-state index is 0.0994. The number of carbonyl (C=O) groups excluding carboxylic acids is 1.